The highest BCUT2D eigenvalue weighted by Gasteiger charge is 2.22. The van der Waals surface area contributed by atoms with Gasteiger partial charge in [0.2, 0.25) is 5.91 Å². The summed E-state index contributed by atoms with van der Waals surface area (Å²) in [6, 6.07) is 8.34. The number of nitrogens with zero attached hydrogens (tertiary/aromatic N) is 2. The lowest BCUT2D eigenvalue weighted by Gasteiger charge is -2.15. The molecular formula is C20H27N3O3. The molecule has 0 unspecified atom stereocenters. The Bertz CT molecular complexity index is 766. The summed E-state index contributed by atoms with van der Waals surface area (Å²) in [6.07, 6.45) is 0.390. The van der Waals surface area contributed by atoms with Gasteiger partial charge in [0.25, 0.3) is 0 Å². The van der Waals surface area contributed by atoms with E-state index in [1.807, 2.05) is 48.9 Å². The molecule has 1 aromatic heterocycles. The second-order valence-corrected chi connectivity index (χ2v) is 7.05. The molecule has 2 aromatic rings. The molecule has 2 rings (SSSR count). The number of carboxylic acids is 1. The minimum Gasteiger partial charge on any atom is -0.480 e. The average Bonchev–Trinajstić information content (AvgIpc) is 2.82. The van der Waals surface area contributed by atoms with E-state index in [0.717, 1.165) is 29.1 Å². The Morgan fingerprint density at radius 1 is 1.19 bits per heavy atom. The summed E-state index contributed by atoms with van der Waals surface area (Å²) in [5.41, 5.74) is 3.51. The number of amides is 1. The molecule has 0 aliphatic heterocycles. The Morgan fingerprint density at radius 2 is 1.85 bits per heavy atom. The molecule has 0 fully saturated rings. The van der Waals surface area contributed by atoms with Gasteiger partial charge in [-0.05, 0) is 25.3 Å². The van der Waals surface area contributed by atoms with Gasteiger partial charge in [-0.25, -0.2) is 4.79 Å². The van der Waals surface area contributed by atoms with Crippen molar-refractivity contribution in [3.63, 3.8) is 0 Å². The maximum absolute atomic E-state index is 12.4. The zero-order valence-electron chi connectivity index (χ0n) is 15.8. The number of carbonyl (C=O) groups excluding carboxylic acids is 1. The van der Waals surface area contributed by atoms with E-state index in [4.69, 9.17) is 0 Å². The molecule has 26 heavy (non-hydrogen) atoms. The monoisotopic (exact) mass is 357 g/mol. The van der Waals surface area contributed by atoms with Crippen LogP contribution >= 0.6 is 0 Å². The first kappa shape index (κ1) is 19.7. The van der Waals surface area contributed by atoms with Crippen LogP contribution in [0.3, 0.4) is 0 Å². The molecule has 1 heterocycles. The molecule has 0 aliphatic carbocycles. The van der Waals surface area contributed by atoms with Gasteiger partial charge in [-0.1, -0.05) is 44.2 Å². The molecule has 1 aromatic carbocycles. The average molecular weight is 357 g/mol. The summed E-state index contributed by atoms with van der Waals surface area (Å²) in [5.74, 6) is -0.883. The van der Waals surface area contributed by atoms with E-state index in [1.165, 1.54) is 0 Å². The summed E-state index contributed by atoms with van der Waals surface area (Å²) in [7, 11) is 0. The van der Waals surface area contributed by atoms with Crippen LogP contribution in [0.1, 0.15) is 36.4 Å². The number of rotatable bonds is 8. The minimum absolute atomic E-state index is 0.133. The predicted molar refractivity (Wildman–Crippen MR) is 100.0 cm³/mol. The van der Waals surface area contributed by atoms with Crippen molar-refractivity contribution in [2.45, 2.75) is 53.1 Å². The van der Waals surface area contributed by atoms with Crippen molar-refractivity contribution in [2.75, 3.05) is 0 Å². The van der Waals surface area contributed by atoms with Crippen LogP contribution in [-0.2, 0) is 29.0 Å². The van der Waals surface area contributed by atoms with Gasteiger partial charge in [-0.2, -0.15) is 5.10 Å². The standard InChI is InChI=1S/C20H27N3O3/c1-13(2)12-23-15(4)17(14(3)22-23)11-19(24)21-18(20(25)26)10-16-8-6-5-7-9-16/h5-9,13,18H,10-12H2,1-4H3,(H,21,24)(H,25,26)/t18-/m1/s1. The van der Waals surface area contributed by atoms with Crippen LogP contribution < -0.4 is 5.32 Å². The van der Waals surface area contributed by atoms with Crippen LogP contribution in [0.15, 0.2) is 30.3 Å². The van der Waals surface area contributed by atoms with Crippen molar-refractivity contribution in [1.29, 1.82) is 0 Å². The molecule has 2 N–H and O–H groups in total. The van der Waals surface area contributed by atoms with Gasteiger partial charge in [0.15, 0.2) is 0 Å². The van der Waals surface area contributed by atoms with Gasteiger partial charge in [0.1, 0.15) is 6.04 Å². The summed E-state index contributed by atoms with van der Waals surface area (Å²) in [5, 5.41) is 16.6. The summed E-state index contributed by atoms with van der Waals surface area (Å²) < 4.78 is 1.92. The lowest BCUT2D eigenvalue weighted by Crippen LogP contribution is -2.43. The zero-order valence-corrected chi connectivity index (χ0v) is 15.8. The highest BCUT2D eigenvalue weighted by molar-refractivity contribution is 5.85. The number of aromatic nitrogens is 2. The van der Waals surface area contributed by atoms with Gasteiger partial charge in [0.05, 0.1) is 12.1 Å². The van der Waals surface area contributed by atoms with Gasteiger partial charge in [-0.3, -0.25) is 9.48 Å². The first-order valence-corrected chi connectivity index (χ1v) is 8.87. The Morgan fingerprint density at radius 3 is 2.42 bits per heavy atom. The number of carbonyl (C=O) groups is 2. The van der Waals surface area contributed by atoms with Crippen molar-refractivity contribution in [3.05, 3.63) is 52.8 Å². The van der Waals surface area contributed by atoms with Gasteiger partial charge >= 0.3 is 5.97 Å². The fraction of sp³-hybridized carbons (Fsp3) is 0.450. The Balaban J connectivity index is 2.06. The number of hydrogen-bond acceptors (Lipinski definition) is 3. The highest BCUT2D eigenvalue weighted by Crippen LogP contribution is 2.15. The molecule has 0 spiro atoms. The highest BCUT2D eigenvalue weighted by atomic mass is 16.4. The van der Waals surface area contributed by atoms with Crippen LogP contribution in [0.5, 0.6) is 0 Å². The molecule has 6 heteroatoms. The number of aliphatic carboxylic acids is 1. The third-order valence-electron chi connectivity index (χ3n) is 4.32. The SMILES string of the molecule is Cc1nn(CC(C)C)c(C)c1CC(=O)N[C@H](Cc1ccccc1)C(=O)O. The molecule has 0 radical (unpaired) electrons. The van der Waals surface area contributed by atoms with Crippen molar-refractivity contribution in [3.8, 4) is 0 Å². The number of aryl methyl sites for hydroxylation is 1. The van der Waals surface area contributed by atoms with Crippen molar-refractivity contribution >= 4 is 11.9 Å². The van der Waals surface area contributed by atoms with E-state index in [-0.39, 0.29) is 18.7 Å². The molecule has 6 nitrogen and oxygen atoms in total. The van der Waals surface area contributed by atoms with Crippen LogP contribution in [0, 0.1) is 19.8 Å². The Labute approximate surface area is 154 Å². The van der Waals surface area contributed by atoms with Gasteiger partial charge in [0, 0.05) is 24.2 Å². The molecule has 1 atom stereocenters. The van der Waals surface area contributed by atoms with E-state index >= 15 is 0 Å². The number of hydrogen-bond donors (Lipinski definition) is 2. The fourth-order valence-corrected chi connectivity index (χ4v) is 2.97. The van der Waals surface area contributed by atoms with Crippen molar-refractivity contribution < 1.29 is 14.7 Å². The molecule has 0 saturated carbocycles. The van der Waals surface area contributed by atoms with E-state index < -0.39 is 12.0 Å². The third-order valence-corrected chi connectivity index (χ3v) is 4.32. The first-order chi connectivity index (χ1) is 12.3. The van der Waals surface area contributed by atoms with Crippen LogP contribution in [0.2, 0.25) is 0 Å². The second-order valence-electron chi connectivity index (χ2n) is 7.05. The Hall–Kier alpha value is -2.63. The van der Waals surface area contributed by atoms with Crippen molar-refractivity contribution in [1.82, 2.24) is 15.1 Å². The van der Waals surface area contributed by atoms with Crippen LogP contribution in [-0.4, -0.2) is 32.8 Å². The number of benzene rings is 1. The lowest BCUT2D eigenvalue weighted by molar-refractivity contribution is -0.141. The van der Waals surface area contributed by atoms with Crippen LogP contribution in [0.4, 0.5) is 0 Å². The van der Waals surface area contributed by atoms with Crippen molar-refractivity contribution in [2.24, 2.45) is 5.92 Å². The van der Waals surface area contributed by atoms with Gasteiger partial charge < -0.3 is 10.4 Å². The quantitative estimate of drug-likeness (QED) is 0.760. The maximum Gasteiger partial charge on any atom is 0.326 e. The second kappa shape index (κ2) is 8.65. The van der Waals surface area contributed by atoms with Crippen LogP contribution in [0.25, 0.3) is 0 Å². The number of carboxylic acid groups (broad SMARTS) is 1. The Kier molecular flexibility index (Phi) is 6.55. The molecule has 0 aliphatic rings. The largest absolute Gasteiger partial charge is 0.480 e. The van der Waals surface area contributed by atoms with E-state index in [1.54, 1.807) is 0 Å². The normalized spacial score (nSPS) is 12.2. The van der Waals surface area contributed by atoms with E-state index in [9.17, 15) is 14.7 Å². The van der Waals surface area contributed by atoms with Gasteiger partial charge in [-0.15, -0.1) is 0 Å². The van der Waals surface area contributed by atoms with E-state index in [0.29, 0.717) is 5.92 Å². The predicted octanol–water partition coefficient (Wildman–Crippen LogP) is 2.51. The fourth-order valence-electron chi connectivity index (χ4n) is 2.97. The lowest BCUT2D eigenvalue weighted by atomic mass is 10.0. The maximum atomic E-state index is 12.4. The molecular weight excluding hydrogens is 330 g/mol. The topological polar surface area (TPSA) is 84.2 Å². The summed E-state index contributed by atoms with van der Waals surface area (Å²) in [4.78, 5) is 24.0. The minimum atomic E-state index is -1.04. The molecule has 0 saturated heterocycles. The third kappa shape index (κ3) is 5.18. The first-order valence-electron chi connectivity index (χ1n) is 8.87. The molecule has 0 bridgehead atoms. The smallest absolute Gasteiger partial charge is 0.326 e. The summed E-state index contributed by atoms with van der Waals surface area (Å²) >= 11 is 0. The summed E-state index contributed by atoms with van der Waals surface area (Å²) in [6.45, 7) is 8.85. The molecule has 1 amide bonds. The van der Waals surface area contributed by atoms with E-state index in [2.05, 4.69) is 24.3 Å². The molecule has 140 valence electrons. The zero-order chi connectivity index (χ0) is 19.3. The number of nitrogens with one attached hydrogen (secondary N) is 1.